The third-order valence-electron chi connectivity index (χ3n) is 2.64. The van der Waals surface area contributed by atoms with E-state index in [0.29, 0.717) is 17.9 Å². The highest BCUT2D eigenvalue weighted by atomic mass is 32.1. The zero-order chi connectivity index (χ0) is 14.0. The fourth-order valence-corrected chi connectivity index (χ4v) is 2.47. The summed E-state index contributed by atoms with van der Waals surface area (Å²) in [6.45, 7) is 0.401. The van der Waals surface area contributed by atoms with Crippen molar-refractivity contribution < 1.29 is 14.8 Å². The minimum atomic E-state index is -0.881. The molecule has 2 aromatic heterocycles. The molecule has 8 nitrogen and oxygen atoms in total. The summed E-state index contributed by atoms with van der Waals surface area (Å²) in [5.41, 5.74) is 0. The lowest BCUT2D eigenvalue weighted by molar-refractivity contribution is -0.389. The van der Waals surface area contributed by atoms with Crippen LogP contribution in [0.25, 0.3) is 4.96 Å². The van der Waals surface area contributed by atoms with Crippen molar-refractivity contribution in [3.63, 3.8) is 0 Å². The van der Waals surface area contributed by atoms with E-state index in [1.54, 1.807) is 23.5 Å². The maximum absolute atomic E-state index is 11.1. The van der Waals surface area contributed by atoms with E-state index in [-0.39, 0.29) is 18.1 Å². The van der Waals surface area contributed by atoms with Crippen LogP contribution in [0.2, 0.25) is 0 Å². The number of fused-ring (bicyclic) bond motifs is 1. The van der Waals surface area contributed by atoms with Gasteiger partial charge in [-0.05, 0) is 11.3 Å². The standard InChI is InChI=1S/C10H12N4O4S/c1-12(4-2-3-7(15)16)8-9(14(17)18)13-5-6-19-10(13)11-8/h5-6H,2-4H2,1H3,(H,15,16). The van der Waals surface area contributed by atoms with Gasteiger partial charge in [-0.1, -0.05) is 11.3 Å². The number of hydrogen-bond acceptors (Lipinski definition) is 6. The predicted octanol–water partition coefficient (Wildman–Crippen LogP) is 1.60. The molecule has 0 bridgehead atoms. The highest BCUT2D eigenvalue weighted by Crippen LogP contribution is 2.30. The molecule has 0 amide bonds. The van der Waals surface area contributed by atoms with E-state index in [1.165, 1.54) is 15.7 Å². The first kappa shape index (κ1) is 13.3. The molecule has 102 valence electrons. The number of aromatic nitrogens is 2. The van der Waals surface area contributed by atoms with Crippen LogP contribution < -0.4 is 4.90 Å². The largest absolute Gasteiger partial charge is 0.481 e. The van der Waals surface area contributed by atoms with E-state index in [4.69, 9.17) is 5.11 Å². The molecule has 0 aliphatic rings. The molecule has 0 fully saturated rings. The topological polar surface area (TPSA) is 101 Å². The second-order valence-electron chi connectivity index (χ2n) is 3.99. The number of carboxylic acids is 1. The normalized spacial score (nSPS) is 10.8. The van der Waals surface area contributed by atoms with E-state index < -0.39 is 10.9 Å². The van der Waals surface area contributed by atoms with Crippen molar-refractivity contribution in [2.45, 2.75) is 12.8 Å². The van der Waals surface area contributed by atoms with Gasteiger partial charge in [0.15, 0.2) is 0 Å². The summed E-state index contributed by atoms with van der Waals surface area (Å²) in [4.78, 5) is 27.5. The summed E-state index contributed by atoms with van der Waals surface area (Å²) in [6, 6.07) is 0. The van der Waals surface area contributed by atoms with Crippen LogP contribution in [0.15, 0.2) is 11.6 Å². The Balaban J connectivity index is 2.23. The fourth-order valence-electron chi connectivity index (χ4n) is 1.76. The minimum Gasteiger partial charge on any atom is -0.481 e. The van der Waals surface area contributed by atoms with Gasteiger partial charge in [-0.2, -0.15) is 9.38 Å². The summed E-state index contributed by atoms with van der Waals surface area (Å²) in [5.74, 6) is -0.704. The van der Waals surface area contributed by atoms with Gasteiger partial charge < -0.3 is 20.1 Å². The van der Waals surface area contributed by atoms with Crippen molar-refractivity contribution >= 4 is 33.9 Å². The van der Waals surface area contributed by atoms with Crippen LogP contribution in [0.1, 0.15) is 12.8 Å². The zero-order valence-electron chi connectivity index (χ0n) is 10.1. The van der Waals surface area contributed by atoms with E-state index in [1.807, 2.05) is 0 Å². The molecule has 9 heteroatoms. The fraction of sp³-hybridized carbons (Fsp3) is 0.400. The van der Waals surface area contributed by atoms with E-state index in [2.05, 4.69) is 4.98 Å². The molecule has 0 saturated heterocycles. The van der Waals surface area contributed by atoms with E-state index in [9.17, 15) is 14.9 Å². The Hall–Kier alpha value is -2.16. The molecule has 0 aliphatic carbocycles. The number of thiazole rings is 1. The van der Waals surface area contributed by atoms with Crippen LogP contribution in [0, 0.1) is 10.1 Å². The number of carbonyl (C=O) groups is 1. The number of aliphatic carboxylic acids is 1. The van der Waals surface area contributed by atoms with Gasteiger partial charge in [-0.3, -0.25) is 4.79 Å². The number of rotatable bonds is 6. The Labute approximate surface area is 112 Å². The molecular weight excluding hydrogens is 272 g/mol. The van der Waals surface area contributed by atoms with Gasteiger partial charge in [0.1, 0.15) is 6.20 Å². The molecule has 1 N–H and O–H groups in total. The Morgan fingerprint density at radius 3 is 3.05 bits per heavy atom. The highest BCUT2D eigenvalue weighted by Gasteiger charge is 2.26. The van der Waals surface area contributed by atoms with Crippen LogP contribution in [0.4, 0.5) is 11.6 Å². The molecule has 0 aromatic carbocycles. The molecule has 0 aliphatic heterocycles. The molecule has 2 aromatic rings. The van der Waals surface area contributed by atoms with Gasteiger partial charge in [0, 0.05) is 25.4 Å². The summed E-state index contributed by atoms with van der Waals surface area (Å²) in [7, 11) is 1.67. The second kappa shape index (κ2) is 5.22. The molecule has 19 heavy (non-hydrogen) atoms. The molecule has 2 heterocycles. The van der Waals surface area contributed by atoms with Crippen molar-refractivity contribution in [2.75, 3.05) is 18.5 Å². The van der Waals surface area contributed by atoms with Crippen molar-refractivity contribution in [1.29, 1.82) is 0 Å². The third kappa shape index (κ3) is 2.65. The molecule has 0 atom stereocenters. The van der Waals surface area contributed by atoms with Crippen LogP contribution in [-0.2, 0) is 4.79 Å². The SMILES string of the molecule is CN(CCCC(=O)O)c1nc2sccn2c1[N+](=O)[O-]. The van der Waals surface area contributed by atoms with Crippen molar-refractivity contribution in [3.05, 3.63) is 21.7 Å². The minimum absolute atomic E-state index is 0.0281. The second-order valence-corrected chi connectivity index (χ2v) is 4.86. The first-order valence-electron chi connectivity index (χ1n) is 5.53. The maximum atomic E-state index is 11.1. The monoisotopic (exact) mass is 284 g/mol. The quantitative estimate of drug-likeness (QED) is 0.638. The molecular formula is C10H12N4O4S. The smallest absolute Gasteiger partial charge is 0.373 e. The van der Waals surface area contributed by atoms with Gasteiger partial charge in [0.05, 0.1) is 0 Å². The van der Waals surface area contributed by atoms with Gasteiger partial charge in [0.2, 0.25) is 5.82 Å². The van der Waals surface area contributed by atoms with E-state index in [0.717, 1.165) is 0 Å². The highest BCUT2D eigenvalue weighted by molar-refractivity contribution is 7.15. The van der Waals surface area contributed by atoms with Crippen LogP contribution in [-0.4, -0.2) is 39.0 Å². The lowest BCUT2D eigenvalue weighted by Gasteiger charge is -2.14. The summed E-state index contributed by atoms with van der Waals surface area (Å²) in [6.07, 6.45) is 2.04. The number of hydrogen-bond donors (Lipinski definition) is 1. The summed E-state index contributed by atoms with van der Waals surface area (Å²) >= 11 is 1.31. The molecule has 0 spiro atoms. The molecule has 0 radical (unpaired) electrons. The van der Waals surface area contributed by atoms with Crippen LogP contribution in [0.5, 0.6) is 0 Å². The van der Waals surface area contributed by atoms with Gasteiger partial charge in [-0.15, -0.1) is 0 Å². The first-order chi connectivity index (χ1) is 9.00. The third-order valence-corrected chi connectivity index (χ3v) is 3.39. The Morgan fingerprint density at radius 1 is 1.68 bits per heavy atom. The Bertz CT molecular complexity index is 620. The number of nitro groups is 1. The van der Waals surface area contributed by atoms with Crippen molar-refractivity contribution in [3.8, 4) is 0 Å². The van der Waals surface area contributed by atoms with Gasteiger partial charge >= 0.3 is 11.8 Å². The lowest BCUT2D eigenvalue weighted by Crippen LogP contribution is -2.20. The van der Waals surface area contributed by atoms with Gasteiger partial charge in [0.25, 0.3) is 4.96 Å². The zero-order valence-corrected chi connectivity index (χ0v) is 11.0. The maximum Gasteiger partial charge on any atom is 0.373 e. The Morgan fingerprint density at radius 2 is 2.42 bits per heavy atom. The molecule has 2 rings (SSSR count). The van der Waals surface area contributed by atoms with Gasteiger partial charge in [-0.25, -0.2) is 0 Å². The summed E-state index contributed by atoms with van der Waals surface area (Å²) < 4.78 is 1.42. The summed E-state index contributed by atoms with van der Waals surface area (Å²) in [5, 5.41) is 21.4. The number of carboxylic acid groups (broad SMARTS) is 1. The average molecular weight is 284 g/mol. The first-order valence-corrected chi connectivity index (χ1v) is 6.41. The Kier molecular flexibility index (Phi) is 3.65. The van der Waals surface area contributed by atoms with Crippen molar-refractivity contribution in [1.82, 2.24) is 9.38 Å². The van der Waals surface area contributed by atoms with Crippen LogP contribution in [0.3, 0.4) is 0 Å². The number of anilines is 1. The number of imidazole rings is 1. The van der Waals surface area contributed by atoms with Crippen molar-refractivity contribution in [2.24, 2.45) is 0 Å². The molecule has 0 saturated carbocycles. The lowest BCUT2D eigenvalue weighted by atomic mass is 10.3. The predicted molar refractivity (Wildman–Crippen MR) is 69.9 cm³/mol. The average Bonchev–Trinajstić information content (AvgIpc) is 2.86. The number of nitrogens with zero attached hydrogens (tertiary/aromatic N) is 4. The molecule has 0 unspecified atom stereocenters. The van der Waals surface area contributed by atoms with Crippen LogP contribution >= 0.6 is 11.3 Å². The van der Waals surface area contributed by atoms with E-state index >= 15 is 0 Å².